The summed E-state index contributed by atoms with van der Waals surface area (Å²) in [4.78, 5) is 12.9. The van der Waals surface area contributed by atoms with Crippen molar-refractivity contribution < 1.29 is 73.5 Å². The van der Waals surface area contributed by atoms with E-state index in [9.17, 15) is 45.6 Å². The molecule has 5 atom stereocenters. The van der Waals surface area contributed by atoms with Crippen LogP contribution in [0.2, 0.25) is 0 Å². The van der Waals surface area contributed by atoms with Gasteiger partial charge in [-0.05, 0) is 41.3 Å². The van der Waals surface area contributed by atoms with E-state index < -0.39 is 76.5 Å². The molecule has 286 valence electrons. The van der Waals surface area contributed by atoms with E-state index >= 15 is 0 Å². The second-order valence-electron chi connectivity index (χ2n) is 13.3. The molecule has 0 amide bonds. The normalized spacial score (nSPS) is 21.2. The fraction of sp³-hybridized carbons (Fsp3) is 0.282. The van der Waals surface area contributed by atoms with Crippen LogP contribution in [-0.2, 0) is 17.7 Å². The number of rotatable bonds is 4. The van der Waals surface area contributed by atoms with E-state index in [2.05, 4.69) is 35.0 Å². The van der Waals surface area contributed by atoms with E-state index in [-0.39, 0.29) is 16.6 Å². The zero-order valence-corrected chi connectivity index (χ0v) is 29.3. The molecule has 3 aliphatic rings. The summed E-state index contributed by atoms with van der Waals surface area (Å²) < 4.78 is 35.2. The first kappa shape index (κ1) is 36.0. The lowest BCUT2D eigenvalue weighted by Crippen LogP contribution is -2.55. The van der Waals surface area contributed by atoms with Gasteiger partial charge >= 0.3 is 0 Å². The van der Waals surface area contributed by atoms with Gasteiger partial charge in [0.25, 0.3) is 0 Å². The molecule has 8 N–H and O–H groups in total. The Balaban J connectivity index is 0.000000158. The van der Waals surface area contributed by atoms with Crippen LogP contribution in [0.1, 0.15) is 17.2 Å². The maximum absolute atomic E-state index is 12.9. The summed E-state index contributed by atoms with van der Waals surface area (Å²) >= 11 is 0. The molecular weight excluding hydrogens is 722 g/mol. The smallest absolute Gasteiger partial charge is 0.231 e. The molecule has 9 rings (SSSR count). The summed E-state index contributed by atoms with van der Waals surface area (Å²) in [6.45, 7) is 0.483. The molecule has 0 aliphatic carbocycles. The van der Waals surface area contributed by atoms with E-state index in [1.165, 1.54) is 16.8 Å². The SMILES string of the molecule is COc1ccc2cc3[n+](cc2c1OC)CCc1cc2c(cc1-3)OCO2.O=c1c2cc(O)c(O)cc2oc2cc(O)c(C3OC(CO)C(O)C(O)C3O)c(O)c12. The monoisotopic (exact) mass is 758 g/mol. The van der Waals surface area contributed by atoms with Crippen molar-refractivity contribution in [1.29, 1.82) is 0 Å². The summed E-state index contributed by atoms with van der Waals surface area (Å²) in [5.41, 5.74) is 2.01. The standard InChI is InChI=1S/C20H18NO4.C19H18O11/c1-22-17-4-3-12-7-16-14-9-19-18(24-11-25-19)8-13(14)5-6-21(16)10-15(12)20(17)23-2;20-4-11-15(25)17(27)18(28)19(30-11)12-8(23)3-10-13(16(12)26)14(24)5-1-6(21)7(22)2-9(5)29-10/h3-4,7-10H,5-6,11H2,1-2H3;1-3,11,15,17-23,25-28H,4H2/q+1;. The van der Waals surface area contributed by atoms with Gasteiger partial charge in [0.05, 0.1) is 42.7 Å². The van der Waals surface area contributed by atoms with Crippen LogP contribution in [0.15, 0.2) is 63.9 Å². The van der Waals surface area contributed by atoms with E-state index in [1.54, 1.807) is 14.2 Å². The van der Waals surface area contributed by atoms with Gasteiger partial charge in [0.2, 0.25) is 17.9 Å². The van der Waals surface area contributed by atoms with E-state index in [0.717, 1.165) is 64.9 Å². The first-order chi connectivity index (χ1) is 26.4. The van der Waals surface area contributed by atoms with Crippen molar-refractivity contribution in [1.82, 2.24) is 0 Å². The molecule has 16 heteroatoms. The highest BCUT2D eigenvalue weighted by Crippen LogP contribution is 2.46. The maximum atomic E-state index is 12.9. The number of phenols is 4. The number of hydrogen-bond donors (Lipinski definition) is 8. The van der Waals surface area contributed by atoms with E-state index in [0.29, 0.717) is 6.79 Å². The number of fused-ring (bicyclic) bond motifs is 7. The van der Waals surface area contributed by atoms with Gasteiger partial charge in [-0.3, -0.25) is 4.79 Å². The Morgan fingerprint density at radius 3 is 2.27 bits per heavy atom. The summed E-state index contributed by atoms with van der Waals surface area (Å²) in [7, 11) is 3.34. The quantitative estimate of drug-likeness (QED) is 0.0731. The van der Waals surface area contributed by atoms with Crippen molar-refractivity contribution in [2.45, 2.75) is 43.5 Å². The molecule has 6 aromatic rings. The zero-order chi connectivity index (χ0) is 38.9. The van der Waals surface area contributed by atoms with Gasteiger partial charge < -0.3 is 69.0 Å². The van der Waals surface area contributed by atoms with Crippen molar-refractivity contribution >= 4 is 32.7 Å². The Morgan fingerprint density at radius 2 is 1.55 bits per heavy atom. The molecule has 0 saturated carbocycles. The number of phenolic OH excluding ortho intramolecular Hbond substituents is 4. The van der Waals surface area contributed by atoms with Crippen molar-refractivity contribution in [3.05, 3.63) is 76.1 Å². The fourth-order valence-electron chi connectivity index (χ4n) is 7.41. The fourth-order valence-corrected chi connectivity index (χ4v) is 7.41. The summed E-state index contributed by atoms with van der Waals surface area (Å²) in [6, 6.07) is 13.3. The first-order valence-corrected chi connectivity index (χ1v) is 17.1. The van der Waals surface area contributed by atoms with E-state index in [4.69, 9.17) is 28.1 Å². The summed E-state index contributed by atoms with van der Waals surface area (Å²) in [5, 5.41) is 81.6. The Morgan fingerprint density at radius 1 is 0.818 bits per heavy atom. The predicted molar refractivity (Wildman–Crippen MR) is 192 cm³/mol. The topological polar surface area (TPSA) is 242 Å². The number of methoxy groups -OCH3 is 2. The van der Waals surface area contributed by atoms with Crippen molar-refractivity contribution in [2.75, 3.05) is 27.6 Å². The van der Waals surface area contributed by atoms with Crippen LogP contribution in [0.4, 0.5) is 0 Å². The third-order valence-corrected chi connectivity index (χ3v) is 10.2. The van der Waals surface area contributed by atoms with Crippen LogP contribution in [0.3, 0.4) is 0 Å². The summed E-state index contributed by atoms with van der Waals surface area (Å²) in [6.07, 6.45) is -5.05. The van der Waals surface area contributed by atoms with Gasteiger partial charge in [-0.2, -0.15) is 4.57 Å². The lowest BCUT2D eigenvalue weighted by Gasteiger charge is -2.40. The minimum absolute atomic E-state index is 0.123. The Labute approximate surface area is 310 Å². The van der Waals surface area contributed by atoms with Gasteiger partial charge in [0, 0.05) is 24.6 Å². The second kappa shape index (κ2) is 13.7. The molecule has 5 heterocycles. The number of hydrogen-bond acceptors (Lipinski definition) is 15. The number of pyridine rings is 1. The van der Waals surface area contributed by atoms with Gasteiger partial charge in [0.15, 0.2) is 47.2 Å². The molecule has 1 fully saturated rings. The van der Waals surface area contributed by atoms with Crippen LogP contribution in [-0.4, -0.2) is 92.9 Å². The molecule has 0 bridgehead atoms. The van der Waals surface area contributed by atoms with Gasteiger partial charge in [-0.15, -0.1) is 0 Å². The third-order valence-electron chi connectivity index (χ3n) is 10.2. The average Bonchev–Trinajstić information content (AvgIpc) is 3.64. The first-order valence-electron chi connectivity index (χ1n) is 17.1. The lowest BCUT2D eigenvalue weighted by molar-refractivity contribution is -0.686. The molecule has 3 aliphatic heterocycles. The molecular formula is C39H36NO15+. The molecule has 0 spiro atoms. The third kappa shape index (κ3) is 5.82. The van der Waals surface area contributed by atoms with Crippen molar-refractivity contribution in [2.24, 2.45) is 0 Å². The number of benzene rings is 4. The number of ether oxygens (including phenoxy) is 5. The number of aryl methyl sites for hydroxylation is 2. The average molecular weight is 759 g/mol. The number of aromatic hydroxyl groups is 4. The zero-order valence-electron chi connectivity index (χ0n) is 29.3. The number of aliphatic hydroxyl groups excluding tert-OH is 4. The highest BCUT2D eigenvalue weighted by molar-refractivity contribution is 5.96. The number of nitrogens with zero attached hydrogens (tertiary/aromatic N) is 1. The Hall–Kier alpha value is -6.04. The van der Waals surface area contributed by atoms with Crippen molar-refractivity contribution in [3.8, 4) is 57.3 Å². The lowest BCUT2D eigenvalue weighted by atomic mass is 9.89. The van der Waals surface area contributed by atoms with Crippen LogP contribution in [0, 0.1) is 0 Å². The largest absolute Gasteiger partial charge is 0.507 e. The van der Waals surface area contributed by atoms with Gasteiger partial charge in [-0.1, -0.05) is 0 Å². The molecule has 1 saturated heterocycles. The van der Waals surface area contributed by atoms with Crippen LogP contribution >= 0.6 is 0 Å². The van der Waals surface area contributed by atoms with Crippen molar-refractivity contribution in [3.63, 3.8) is 0 Å². The van der Waals surface area contributed by atoms with E-state index in [1.807, 2.05) is 6.07 Å². The molecule has 4 aromatic carbocycles. The number of aromatic nitrogens is 1. The van der Waals surface area contributed by atoms with Crippen LogP contribution < -0.4 is 28.9 Å². The summed E-state index contributed by atoms with van der Waals surface area (Å²) in [5.74, 6) is 0.561. The Kier molecular flexibility index (Phi) is 8.94. The maximum Gasteiger partial charge on any atom is 0.231 e. The van der Waals surface area contributed by atoms with Crippen LogP contribution in [0.5, 0.6) is 46.0 Å². The minimum Gasteiger partial charge on any atom is -0.507 e. The van der Waals surface area contributed by atoms with Gasteiger partial charge in [-0.25, -0.2) is 0 Å². The Bertz CT molecular complexity index is 2570. The second-order valence-corrected chi connectivity index (χ2v) is 13.3. The molecule has 55 heavy (non-hydrogen) atoms. The highest BCUT2D eigenvalue weighted by Gasteiger charge is 2.46. The molecule has 0 radical (unpaired) electrons. The highest BCUT2D eigenvalue weighted by atomic mass is 16.7. The minimum atomic E-state index is -1.81. The molecule has 16 nitrogen and oxygen atoms in total. The number of aliphatic hydroxyl groups is 4. The molecule has 2 aromatic heterocycles. The molecule has 5 unspecified atom stereocenters. The van der Waals surface area contributed by atoms with Gasteiger partial charge in [0.1, 0.15) is 58.6 Å². The van der Waals surface area contributed by atoms with Crippen LogP contribution in [0.25, 0.3) is 44.0 Å². The predicted octanol–water partition coefficient (Wildman–Crippen LogP) is 2.38.